The fraction of sp³-hybridized carbons (Fsp3) is 0.500. The van der Waals surface area contributed by atoms with Gasteiger partial charge in [-0.1, -0.05) is 6.92 Å². The normalized spacial score (nSPS) is 12.0. The topological polar surface area (TPSA) is 17.8 Å². The molecule has 0 N–H and O–H groups in total. The first-order valence-corrected chi connectivity index (χ1v) is 3.14. The van der Waals surface area contributed by atoms with E-state index in [1.165, 1.54) is 6.20 Å². The van der Waals surface area contributed by atoms with E-state index in [0.29, 0.717) is 6.42 Å². The standard InChI is InChI=1S/C6H7F3N2/c1-2-5-3-10-4-11(5)6(7,8)9/h3-4H,2H2,1H3. The quantitative estimate of drug-likeness (QED) is 0.620. The summed E-state index contributed by atoms with van der Waals surface area (Å²) >= 11 is 0. The van der Waals surface area contributed by atoms with Gasteiger partial charge in [0.2, 0.25) is 0 Å². The van der Waals surface area contributed by atoms with Crippen LogP contribution in [0.5, 0.6) is 0 Å². The molecule has 0 aliphatic heterocycles. The minimum absolute atomic E-state index is 0.178. The summed E-state index contributed by atoms with van der Waals surface area (Å²) in [5.41, 5.74) is 0.178. The van der Waals surface area contributed by atoms with Gasteiger partial charge in [0.1, 0.15) is 6.33 Å². The second-order valence-electron chi connectivity index (χ2n) is 2.08. The number of alkyl halides is 3. The lowest BCUT2D eigenvalue weighted by Gasteiger charge is -2.09. The number of aromatic nitrogens is 2. The third-order valence-corrected chi connectivity index (χ3v) is 1.35. The van der Waals surface area contributed by atoms with Crippen LogP contribution < -0.4 is 0 Å². The number of hydrogen-bond acceptors (Lipinski definition) is 1. The molecule has 1 heterocycles. The van der Waals surface area contributed by atoms with Gasteiger partial charge in [-0.3, -0.25) is 0 Å². The molecule has 1 aromatic heterocycles. The molecule has 11 heavy (non-hydrogen) atoms. The first-order chi connectivity index (χ1) is 5.05. The zero-order chi connectivity index (χ0) is 8.48. The lowest BCUT2D eigenvalue weighted by atomic mass is 10.4. The van der Waals surface area contributed by atoms with Crippen molar-refractivity contribution >= 4 is 0 Å². The fourth-order valence-electron chi connectivity index (χ4n) is 0.812. The molecule has 0 atom stereocenters. The molecular weight excluding hydrogens is 157 g/mol. The predicted molar refractivity (Wildman–Crippen MR) is 32.9 cm³/mol. The summed E-state index contributed by atoms with van der Waals surface area (Å²) in [4.78, 5) is 3.40. The molecule has 5 heteroatoms. The zero-order valence-electron chi connectivity index (χ0n) is 5.89. The highest BCUT2D eigenvalue weighted by Gasteiger charge is 2.31. The molecule has 62 valence electrons. The van der Waals surface area contributed by atoms with E-state index in [9.17, 15) is 13.2 Å². The number of aryl methyl sites for hydroxylation is 1. The number of rotatable bonds is 1. The summed E-state index contributed by atoms with van der Waals surface area (Å²) in [6.07, 6.45) is -2.01. The van der Waals surface area contributed by atoms with Gasteiger partial charge in [0, 0.05) is 11.9 Å². The number of hydrogen-bond donors (Lipinski definition) is 0. The zero-order valence-corrected chi connectivity index (χ0v) is 5.89. The summed E-state index contributed by atoms with van der Waals surface area (Å²) in [6, 6.07) is 0. The Balaban J connectivity index is 3.02. The molecule has 0 aliphatic rings. The van der Waals surface area contributed by atoms with Crippen LogP contribution in [0, 0.1) is 0 Å². The number of nitrogens with zero attached hydrogens (tertiary/aromatic N) is 2. The van der Waals surface area contributed by atoms with Crippen LogP contribution in [0.3, 0.4) is 0 Å². The molecule has 0 fully saturated rings. The lowest BCUT2D eigenvalue weighted by molar-refractivity contribution is -0.205. The molecule has 0 unspecified atom stereocenters. The third kappa shape index (κ3) is 1.53. The van der Waals surface area contributed by atoms with Crippen LogP contribution in [0.15, 0.2) is 12.5 Å². The van der Waals surface area contributed by atoms with Gasteiger partial charge in [0.15, 0.2) is 0 Å². The second-order valence-corrected chi connectivity index (χ2v) is 2.08. The third-order valence-electron chi connectivity index (χ3n) is 1.35. The van der Waals surface area contributed by atoms with Gasteiger partial charge in [-0.15, -0.1) is 13.2 Å². The Morgan fingerprint density at radius 1 is 1.55 bits per heavy atom. The van der Waals surface area contributed by atoms with Crippen LogP contribution >= 0.6 is 0 Å². The summed E-state index contributed by atoms with van der Waals surface area (Å²) in [7, 11) is 0. The maximum atomic E-state index is 12.0. The molecular formula is C6H7F3N2. The Morgan fingerprint density at radius 3 is 2.55 bits per heavy atom. The van der Waals surface area contributed by atoms with E-state index in [4.69, 9.17) is 0 Å². The van der Waals surface area contributed by atoms with Crippen molar-refractivity contribution in [1.29, 1.82) is 0 Å². The SMILES string of the molecule is CCc1cncn1C(F)(F)F. The van der Waals surface area contributed by atoms with Crippen LogP contribution in [-0.2, 0) is 12.7 Å². The van der Waals surface area contributed by atoms with Crippen molar-refractivity contribution in [2.75, 3.05) is 0 Å². The number of halogens is 3. The minimum Gasteiger partial charge on any atom is -0.245 e. The molecule has 0 bridgehead atoms. The van der Waals surface area contributed by atoms with Crippen LogP contribution in [-0.4, -0.2) is 9.55 Å². The maximum absolute atomic E-state index is 12.0. The average molecular weight is 164 g/mol. The van der Waals surface area contributed by atoms with Crippen LogP contribution in [0.25, 0.3) is 0 Å². The van der Waals surface area contributed by atoms with Crippen molar-refractivity contribution in [1.82, 2.24) is 9.55 Å². The highest BCUT2D eigenvalue weighted by atomic mass is 19.4. The van der Waals surface area contributed by atoms with Gasteiger partial charge in [-0.2, -0.15) is 0 Å². The molecule has 0 saturated carbocycles. The molecule has 1 rings (SSSR count). The average Bonchev–Trinajstić information content (AvgIpc) is 2.31. The highest BCUT2D eigenvalue weighted by molar-refractivity contribution is 4.98. The van der Waals surface area contributed by atoms with Crippen molar-refractivity contribution < 1.29 is 13.2 Å². The molecule has 0 amide bonds. The van der Waals surface area contributed by atoms with E-state index < -0.39 is 6.30 Å². The maximum Gasteiger partial charge on any atom is 0.489 e. The van der Waals surface area contributed by atoms with E-state index in [0.717, 1.165) is 6.33 Å². The Hall–Kier alpha value is -1.00. The van der Waals surface area contributed by atoms with Gasteiger partial charge in [0.25, 0.3) is 0 Å². The van der Waals surface area contributed by atoms with Crippen molar-refractivity contribution in [3.05, 3.63) is 18.2 Å². The minimum atomic E-state index is -4.33. The van der Waals surface area contributed by atoms with E-state index >= 15 is 0 Å². The van der Waals surface area contributed by atoms with Crippen molar-refractivity contribution in [2.45, 2.75) is 19.6 Å². The summed E-state index contributed by atoms with van der Waals surface area (Å²) in [5.74, 6) is 0. The van der Waals surface area contributed by atoms with Crippen molar-refractivity contribution in [3.8, 4) is 0 Å². The summed E-state index contributed by atoms with van der Waals surface area (Å²) < 4.78 is 36.2. The predicted octanol–water partition coefficient (Wildman–Crippen LogP) is 1.92. The molecule has 0 aromatic carbocycles. The van der Waals surface area contributed by atoms with Gasteiger partial charge in [-0.05, 0) is 6.42 Å². The van der Waals surface area contributed by atoms with Crippen LogP contribution in [0.1, 0.15) is 12.6 Å². The van der Waals surface area contributed by atoms with Gasteiger partial charge < -0.3 is 0 Å². The molecule has 0 aliphatic carbocycles. The van der Waals surface area contributed by atoms with E-state index in [2.05, 4.69) is 4.98 Å². The van der Waals surface area contributed by atoms with Gasteiger partial charge in [-0.25, -0.2) is 9.55 Å². The van der Waals surface area contributed by atoms with Crippen molar-refractivity contribution in [2.24, 2.45) is 0 Å². The fourth-order valence-corrected chi connectivity index (χ4v) is 0.812. The van der Waals surface area contributed by atoms with E-state index in [-0.39, 0.29) is 10.3 Å². The molecule has 0 radical (unpaired) electrons. The highest BCUT2D eigenvalue weighted by Crippen LogP contribution is 2.23. The smallest absolute Gasteiger partial charge is 0.245 e. The summed E-state index contributed by atoms with van der Waals surface area (Å²) in [5, 5.41) is 0. The molecule has 1 aromatic rings. The van der Waals surface area contributed by atoms with E-state index in [1.807, 2.05) is 0 Å². The van der Waals surface area contributed by atoms with Gasteiger partial charge >= 0.3 is 6.30 Å². The summed E-state index contributed by atoms with van der Waals surface area (Å²) in [6.45, 7) is 1.65. The Labute approximate surface area is 61.7 Å². The Kier molecular flexibility index (Phi) is 1.89. The largest absolute Gasteiger partial charge is 0.489 e. The Bertz CT molecular complexity index is 238. The molecule has 0 saturated heterocycles. The second kappa shape index (κ2) is 2.56. The molecule has 2 nitrogen and oxygen atoms in total. The lowest BCUT2D eigenvalue weighted by Crippen LogP contribution is -2.17. The first kappa shape index (κ1) is 8.10. The van der Waals surface area contributed by atoms with Crippen LogP contribution in [0.2, 0.25) is 0 Å². The molecule has 0 spiro atoms. The van der Waals surface area contributed by atoms with Crippen LogP contribution in [0.4, 0.5) is 13.2 Å². The first-order valence-electron chi connectivity index (χ1n) is 3.14. The monoisotopic (exact) mass is 164 g/mol. The Morgan fingerprint density at radius 2 is 2.18 bits per heavy atom. The number of imidazole rings is 1. The van der Waals surface area contributed by atoms with E-state index in [1.54, 1.807) is 6.92 Å². The van der Waals surface area contributed by atoms with Crippen molar-refractivity contribution in [3.63, 3.8) is 0 Å². The van der Waals surface area contributed by atoms with Gasteiger partial charge in [0.05, 0.1) is 0 Å².